The Balaban J connectivity index is 2.32. The van der Waals surface area contributed by atoms with Gasteiger partial charge in [-0.1, -0.05) is 32.9 Å². The minimum Gasteiger partial charge on any atom is -0.461 e. The van der Waals surface area contributed by atoms with Gasteiger partial charge in [0, 0.05) is 50.4 Å². The van der Waals surface area contributed by atoms with E-state index in [0.717, 1.165) is 0 Å². The highest BCUT2D eigenvalue weighted by molar-refractivity contribution is 6.04. The molecule has 1 saturated carbocycles. The fourth-order valence-corrected chi connectivity index (χ4v) is 6.54. The molecule has 194 valence electrons. The van der Waals surface area contributed by atoms with Gasteiger partial charge in [0.15, 0.2) is 11.4 Å². The van der Waals surface area contributed by atoms with Crippen LogP contribution in [0, 0.1) is 23.2 Å². The van der Waals surface area contributed by atoms with Crippen LogP contribution >= 0.6 is 0 Å². The van der Waals surface area contributed by atoms with Gasteiger partial charge in [-0.3, -0.25) is 19.2 Å². The molecule has 0 radical (unpaired) electrons. The molecule has 0 aromatic heterocycles. The average Bonchev–Trinajstić information content (AvgIpc) is 2.88. The average molecular weight is 493 g/mol. The topological polar surface area (TPSA) is 136 Å². The van der Waals surface area contributed by atoms with E-state index in [1.807, 2.05) is 0 Å². The number of hydrogen-bond acceptors (Lipinski definition) is 9. The third kappa shape index (κ3) is 3.93. The fourth-order valence-electron chi connectivity index (χ4n) is 6.54. The molecule has 0 aromatic carbocycles. The molecule has 3 aliphatic rings. The molecule has 1 fully saturated rings. The van der Waals surface area contributed by atoms with E-state index in [1.54, 1.807) is 46.8 Å². The monoisotopic (exact) mass is 492 g/mol. The van der Waals surface area contributed by atoms with Crippen LogP contribution < -0.4 is 0 Å². The molecule has 35 heavy (non-hydrogen) atoms. The molecule has 9 heteroatoms. The minimum absolute atomic E-state index is 0.151. The molecular weight excluding hydrogens is 456 g/mol. The first kappa shape index (κ1) is 27.1. The highest BCUT2D eigenvalue weighted by atomic mass is 16.6. The van der Waals surface area contributed by atoms with Crippen LogP contribution in [0.25, 0.3) is 0 Å². The van der Waals surface area contributed by atoms with Crippen LogP contribution in [0.5, 0.6) is 0 Å². The van der Waals surface area contributed by atoms with Crippen molar-refractivity contribution < 1.29 is 43.6 Å². The lowest BCUT2D eigenvalue weighted by Gasteiger charge is -2.63. The van der Waals surface area contributed by atoms with Gasteiger partial charge >= 0.3 is 17.9 Å². The van der Waals surface area contributed by atoms with Crippen molar-refractivity contribution in [3.05, 3.63) is 23.3 Å². The van der Waals surface area contributed by atoms with Gasteiger partial charge in [0.25, 0.3) is 0 Å². The maximum Gasteiger partial charge on any atom is 0.303 e. The van der Waals surface area contributed by atoms with E-state index in [-0.39, 0.29) is 13.0 Å². The second kappa shape index (κ2) is 8.55. The van der Waals surface area contributed by atoms with Crippen molar-refractivity contribution in [2.75, 3.05) is 6.61 Å². The molecule has 0 heterocycles. The smallest absolute Gasteiger partial charge is 0.303 e. The maximum atomic E-state index is 13.2. The van der Waals surface area contributed by atoms with Gasteiger partial charge in [-0.2, -0.15) is 0 Å². The molecule has 7 atom stereocenters. The fraction of sp³-hybridized carbons (Fsp3) is 0.692. The molecule has 0 aliphatic heterocycles. The van der Waals surface area contributed by atoms with Crippen LogP contribution in [-0.2, 0) is 33.4 Å². The number of fused-ring (bicyclic) bond motifs is 3. The summed E-state index contributed by atoms with van der Waals surface area (Å²) < 4.78 is 16.7. The van der Waals surface area contributed by atoms with Crippen LogP contribution in [0.15, 0.2) is 23.3 Å². The third-order valence-corrected chi connectivity index (χ3v) is 8.47. The Hall–Kier alpha value is -2.52. The Kier molecular flexibility index (Phi) is 6.62. The second-order valence-corrected chi connectivity index (χ2v) is 11.0. The summed E-state index contributed by atoms with van der Waals surface area (Å²) in [6.07, 6.45) is 2.06. The van der Waals surface area contributed by atoms with Crippen LogP contribution in [0.3, 0.4) is 0 Å². The molecule has 9 nitrogen and oxygen atoms in total. The number of rotatable bonds is 4. The summed E-state index contributed by atoms with van der Waals surface area (Å²) in [6.45, 7) is 12.0. The predicted molar refractivity (Wildman–Crippen MR) is 124 cm³/mol. The van der Waals surface area contributed by atoms with E-state index >= 15 is 0 Å². The largest absolute Gasteiger partial charge is 0.461 e. The van der Waals surface area contributed by atoms with Crippen molar-refractivity contribution in [1.82, 2.24) is 0 Å². The standard InChI is InChI=1S/C26H36O9/c1-13-9-20-25(31,21(13)30)11-18(12-33-15(3)27)10-19-23(6,7)24(8,35-17(5)29)22(34-16(4)28)14(2)26(19,20)32/h9-10,14,19-20,22,31-32H,11-12H2,1-8H3/t14-,19+,20-,22-,24-,25-,26-/m1/s1. The summed E-state index contributed by atoms with van der Waals surface area (Å²) in [5.74, 6) is -4.97. The quantitative estimate of drug-likeness (QED) is 0.343. The third-order valence-electron chi connectivity index (χ3n) is 8.47. The number of ketones is 1. The molecule has 0 aromatic rings. The highest BCUT2D eigenvalue weighted by Gasteiger charge is 2.73. The molecule has 3 rings (SSSR count). The highest BCUT2D eigenvalue weighted by Crippen LogP contribution is 2.63. The molecule has 2 N–H and O–H groups in total. The first-order valence-electron chi connectivity index (χ1n) is 11.8. The van der Waals surface area contributed by atoms with Crippen molar-refractivity contribution in [3.63, 3.8) is 0 Å². The predicted octanol–water partition coefficient (Wildman–Crippen LogP) is 2.03. The summed E-state index contributed by atoms with van der Waals surface area (Å²) >= 11 is 0. The van der Waals surface area contributed by atoms with Gasteiger partial charge in [-0.05, 0) is 25.0 Å². The van der Waals surface area contributed by atoms with Crippen molar-refractivity contribution in [1.29, 1.82) is 0 Å². The van der Waals surface area contributed by atoms with Gasteiger partial charge in [-0.25, -0.2) is 0 Å². The number of hydrogen-bond donors (Lipinski definition) is 2. The number of esters is 3. The van der Waals surface area contributed by atoms with E-state index in [1.165, 1.54) is 20.8 Å². The van der Waals surface area contributed by atoms with E-state index in [4.69, 9.17) is 14.2 Å². The number of carbonyl (C=O) groups is 4. The van der Waals surface area contributed by atoms with E-state index < -0.39 is 69.8 Å². The molecular formula is C26H36O9. The molecule has 0 amide bonds. The Morgan fingerprint density at radius 3 is 2.11 bits per heavy atom. The van der Waals surface area contributed by atoms with E-state index in [2.05, 4.69) is 0 Å². The van der Waals surface area contributed by atoms with Crippen LogP contribution in [0.2, 0.25) is 0 Å². The van der Waals surface area contributed by atoms with Crippen molar-refractivity contribution in [3.8, 4) is 0 Å². The van der Waals surface area contributed by atoms with Gasteiger partial charge in [0.05, 0.1) is 5.60 Å². The molecule has 0 bridgehead atoms. The summed E-state index contributed by atoms with van der Waals surface area (Å²) in [5, 5.41) is 24.3. The number of ether oxygens (including phenoxy) is 3. The number of Topliss-reactive ketones (excluding diaryl/α,β-unsaturated/α-hetero) is 1. The zero-order chi connectivity index (χ0) is 26.7. The van der Waals surface area contributed by atoms with E-state index in [9.17, 15) is 29.4 Å². The summed E-state index contributed by atoms with van der Waals surface area (Å²) in [4.78, 5) is 49.1. The molecule has 0 unspecified atom stereocenters. The van der Waals surface area contributed by atoms with Crippen molar-refractivity contribution >= 4 is 23.7 Å². The summed E-state index contributed by atoms with van der Waals surface area (Å²) in [6, 6.07) is 0. The van der Waals surface area contributed by atoms with Gasteiger partial charge in [0.2, 0.25) is 0 Å². The molecule has 0 saturated heterocycles. The minimum atomic E-state index is -1.99. The second-order valence-electron chi connectivity index (χ2n) is 11.0. The van der Waals surface area contributed by atoms with E-state index in [0.29, 0.717) is 11.1 Å². The first-order chi connectivity index (χ1) is 15.9. The Morgan fingerprint density at radius 1 is 1.00 bits per heavy atom. The van der Waals surface area contributed by atoms with Gasteiger partial charge in [0.1, 0.15) is 18.3 Å². The van der Waals surface area contributed by atoms with Crippen LogP contribution in [-0.4, -0.2) is 63.4 Å². The molecule has 3 aliphatic carbocycles. The SMILES string of the molecule is CC(=O)OCC1=C[C@H]2C(C)(C)[C@](C)(OC(C)=O)[C@H](OC(C)=O)[C@@H](C)[C@]2(O)[C@@H]2C=C(C)C(=O)[C@@]2(O)C1. The lowest BCUT2D eigenvalue weighted by Crippen LogP contribution is -2.75. The maximum absolute atomic E-state index is 13.2. The van der Waals surface area contributed by atoms with Crippen LogP contribution in [0.1, 0.15) is 61.8 Å². The number of aliphatic hydroxyl groups is 2. The summed E-state index contributed by atoms with van der Waals surface area (Å²) in [7, 11) is 0. The van der Waals surface area contributed by atoms with Gasteiger partial charge < -0.3 is 24.4 Å². The van der Waals surface area contributed by atoms with Crippen molar-refractivity contribution in [2.45, 2.75) is 84.7 Å². The Bertz CT molecular complexity index is 1020. The Labute approximate surface area is 205 Å². The first-order valence-corrected chi connectivity index (χ1v) is 11.8. The summed E-state index contributed by atoms with van der Waals surface area (Å²) in [5.41, 5.74) is -5.46. The van der Waals surface area contributed by atoms with Gasteiger partial charge in [-0.15, -0.1) is 0 Å². The normalized spacial score (nSPS) is 39.9. The number of carbonyl (C=O) groups excluding carboxylic acids is 4. The molecule has 0 spiro atoms. The van der Waals surface area contributed by atoms with Crippen LogP contribution in [0.4, 0.5) is 0 Å². The lowest BCUT2D eigenvalue weighted by atomic mass is 9.47. The zero-order valence-electron chi connectivity index (χ0n) is 21.6. The zero-order valence-corrected chi connectivity index (χ0v) is 21.6. The Morgan fingerprint density at radius 2 is 1.60 bits per heavy atom. The lowest BCUT2D eigenvalue weighted by molar-refractivity contribution is -0.289. The van der Waals surface area contributed by atoms with Crippen molar-refractivity contribution in [2.24, 2.45) is 23.2 Å².